The zero-order valence-electron chi connectivity index (χ0n) is 26.5. The Labute approximate surface area is 277 Å². The van der Waals surface area contributed by atoms with Crippen molar-refractivity contribution in [3.8, 4) is 23.3 Å². The van der Waals surface area contributed by atoms with E-state index in [4.69, 9.17) is 15.5 Å². The minimum Gasteiger partial charge on any atom is -0.461 e. The van der Waals surface area contributed by atoms with Gasteiger partial charge in [-0.2, -0.15) is 37.2 Å². The molecule has 9 nitrogen and oxygen atoms in total. The predicted molar refractivity (Wildman–Crippen MR) is 169 cm³/mol. The van der Waals surface area contributed by atoms with Crippen LogP contribution in [0.4, 0.5) is 38.0 Å². The number of anilines is 2. The van der Waals surface area contributed by atoms with Crippen molar-refractivity contribution in [1.29, 1.82) is 5.26 Å². The molecule has 0 aliphatic carbocycles. The minimum atomic E-state index is -4.96. The Balaban J connectivity index is 1.37. The molecule has 3 N–H and O–H groups in total. The molecule has 15 heteroatoms. The summed E-state index contributed by atoms with van der Waals surface area (Å²) < 4.78 is 94.4. The maximum Gasteiger partial charge on any atom is 0.418 e. The van der Waals surface area contributed by atoms with Crippen LogP contribution in [0.25, 0.3) is 27.7 Å². The molecule has 5 aliphatic heterocycles. The molecule has 4 fully saturated rings. The maximum absolute atomic E-state index is 17.2. The normalized spacial score (nSPS) is 26.2. The Morgan fingerprint density at radius 3 is 2.76 bits per heavy atom. The van der Waals surface area contributed by atoms with Gasteiger partial charge in [-0.1, -0.05) is 6.58 Å². The molecule has 5 aliphatic rings. The summed E-state index contributed by atoms with van der Waals surface area (Å²) in [5.41, 5.74) is 2.07. The zero-order valence-corrected chi connectivity index (χ0v) is 26.5. The highest BCUT2D eigenvalue weighted by molar-refractivity contribution is 6.06. The van der Waals surface area contributed by atoms with E-state index in [0.29, 0.717) is 31.5 Å². The fraction of sp³-hybridized carbons (Fsp3) is 0.471. The van der Waals surface area contributed by atoms with Crippen LogP contribution in [0.3, 0.4) is 0 Å². The van der Waals surface area contributed by atoms with Crippen LogP contribution in [0.2, 0.25) is 0 Å². The van der Waals surface area contributed by atoms with Gasteiger partial charge in [0.1, 0.15) is 29.8 Å². The Morgan fingerprint density at radius 2 is 2.02 bits per heavy atom. The molecule has 2 bridgehead atoms. The smallest absolute Gasteiger partial charge is 0.418 e. The summed E-state index contributed by atoms with van der Waals surface area (Å²) in [6.07, 6.45) is -3.09. The molecule has 7 heterocycles. The number of piperazine rings is 1. The molecule has 8 rings (SSSR count). The molecule has 0 radical (unpaired) electrons. The molecule has 4 saturated heterocycles. The zero-order chi connectivity index (χ0) is 34.6. The lowest BCUT2D eigenvalue weighted by molar-refractivity contribution is -0.137. The number of aromatic nitrogens is 3. The molecule has 2 aromatic heterocycles. The summed E-state index contributed by atoms with van der Waals surface area (Å²) in [6.45, 7) is 6.64. The van der Waals surface area contributed by atoms with Crippen molar-refractivity contribution < 1.29 is 31.1 Å². The summed E-state index contributed by atoms with van der Waals surface area (Å²) in [5, 5.41) is 14.3. The Morgan fingerprint density at radius 1 is 1.22 bits per heavy atom. The van der Waals surface area contributed by atoms with Crippen LogP contribution in [0, 0.1) is 24.1 Å². The fourth-order valence-electron chi connectivity index (χ4n) is 8.90. The number of pyridine rings is 1. The molecular weight excluding hydrogens is 650 g/mol. The molecule has 0 unspecified atom stereocenters. The number of nitrogens with one attached hydrogen (secondary N) is 1. The molecule has 0 spiro atoms. The van der Waals surface area contributed by atoms with Gasteiger partial charge in [0.15, 0.2) is 5.82 Å². The number of alkyl halides is 3. The first-order chi connectivity index (χ1) is 23.3. The molecule has 0 amide bonds. The van der Waals surface area contributed by atoms with Crippen molar-refractivity contribution >= 4 is 28.1 Å². The predicted octanol–water partition coefficient (Wildman–Crippen LogP) is 6.11. The lowest BCUT2D eigenvalue weighted by atomic mass is 9.87. The van der Waals surface area contributed by atoms with E-state index in [-0.39, 0.29) is 88.5 Å². The van der Waals surface area contributed by atoms with E-state index in [1.165, 1.54) is 6.92 Å². The molecule has 0 saturated carbocycles. The number of hydrogen-bond acceptors (Lipinski definition) is 9. The number of nitriles is 1. The van der Waals surface area contributed by atoms with Crippen molar-refractivity contribution in [2.24, 2.45) is 0 Å². The number of halogens is 6. The molecule has 1 aromatic carbocycles. The largest absolute Gasteiger partial charge is 0.461 e. The fourth-order valence-corrected chi connectivity index (χ4v) is 8.90. The lowest BCUT2D eigenvalue weighted by Crippen LogP contribution is -2.58. The summed E-state index contributed by atoms with van der Waals surface area (Å²) >= 11 is 0. The van der Waals surface area contributed by atoms with Crippen LogP contribution in [0.15, 0.2) is 24.3 Å². The molecular formula is C34H32F6N8O. The molecule has 49 heavy (non-hydrogen) atoms. The highest BCUT2D eigenvalue weighted by Crippen LogP contribution is 2.50. The van der Waals surface area contributed by atoms with Crippen LogP contribution < -0.4 is 20.7 Å². The Hall–Kier alpha value is -4.42. The third kappa shape index (κ3) is 4.85. The standard InChI is InChI=1S/C34H32F6N8O/c1-15-8-21-20-5-4-18(43-20)13-48(21)31-25-23(15)19(11-41)24(28-26(34(38,39)40)16(2)9-22(42)44-28)27(35)29(25)45-32(46-31)49-14-33-6-3-7-47(33)12-17(10-33)30(36)37/h9,18,20-21,43H,1,3-8,10,12-14H2,2H3,(H2,42,44)/t18-,20+,21+,33+/m1/s1. The van der Waals surface area contributed by atoms with Gasteiger partial charge in [0.25, 0.3) is 6.08 Å². The number of nitrogen functional groups attached to an aromatic ring is 1. The Kier molecular flexibility index (Phi) is 7.17. The van der Waals surface area contributed by atoms with Crippen LogP contribution in [0.1, 0.15) is 60.8 Å². The number of benzene rings is 1. The van der Waals surface area contributed by atoms with E-state index >= 15 is 4.39 Å². The monoisotopic (exact) mass is 682 g/mol. The number of ether oxygens (including phenoxy) is 1. The van der Waals surface area contributed by atoms with Gasteiger partial charge in [-0.05, 0) is 69.2 Å². The van der Waals surface area contributed by atoms with Crippen molar-refractivity contribution in [3.05, 3.63) is 52.4 Å². The average Bonchev–Trinajstić information content (AvgIpc) is 3.70. The topological polar surface area (TPSA) is 116 Å². The van der Waals surface area contributed by atoms with Crippen molar-refractivity contribution in [1.82, 2.24) is 25.2 Å². The summed E-state index contributed by atoms with van der Waals surface area (Å²) in [6, 6.07) is 2.70. The molecule has 3 aromatic rings. The average molecular weight is 683 g/mol. The Bertz CT molecular complexity index is 2020. The number of nitrogens with zero attached hydrogens (tertiary/aromatic N) is 6. The maximum atomic E-state index is 17.2. The lowest BCUT2D eigenvalue weighted by Gasteiger charge is -2.41. The third-order valence-electron chi connectivity index (χ3n) is 11.0. The van der Waals surface area contributed by atoms with Gasteiger partial charge in [-0.3, -0.25) is 4.90 Å². The van der Waals surface area contributed by atoms with Crippen LogP contribution >= 0.6 is 0 Å². The number of fused-ring (bicyclic) bond motifs is 6. The SMILES string of the molecule is C=C1C[C@H]2[C@@H]3CC[C@H](CN2c2nc(OC[C@@]45CCCN4CC(=C(F)F)C5)nc4c(F)c(-c5nc(N)cc(C)c5C(F)(F)F)c(C#N)c1c24)N3. The summed E-state index contributed by atoms with van der Waals surface area (Å²) in [7, 11) is 0. The highest BCUT2D eigenvalue weighted by Gasteiger charge is 2.49. The first-order valence-corrected chi connectivity index (χ1v) is 16.2. The molecule has 256 valence electrons. The van der Waals surface area contributed by atoms with Gasteiger partial charge in [0.05, 0.1) is 33.3 Å². The van der Waals surface area contributed by atoms with Gasteiger partial charge in [0, 0.05) is 42.4 Å². The van der Waals surface area contributed by atoms with E-state index in [2.05, 4.69) is 21.9 Å². The van der Waals surface area contributed by atoms with Gasteiger partial charge < -0.3 is 20.7 Å². The second-order valence-electron chi connectivity index (χ2n) is 13.8. The van der Waals surface area contributed by atoms with Crippen LogP contribution in [0.5, 0.6) is 6.01 Å². The summed E-state index contributed by atoms with van der Waals surface area (Å²) in [4.78, 5) is 17.2. The minimum absolute atomic E-state index is 0.0225. The van der Waals surface area contributed by atoms with E-state index in [0.717, 1.165) is 25.3 Å². The number of hydrogen-bond donors (Lipinski definition) is 2. The third-order valence-corrected chi connectivity index (χ3v) is 11.0. The highest BCUT2D eigenvalue weighted by atomic mass is 19.4. The van der Waals surface area contributed by atoms with Gasteiger partial charge in [-0.25, -0.2) is 9.37 Å². The van der Waals surface area contributed by atoms with E-state index in [9.17, 15) is 27.2 Å². The van der Waals surface area contributed by atoms with Gasteiger partial charge in [0.2, 0.25) is 0 Å². The van der Waals surface area contributed by atoms with E-state index in [1.807, 2.05) is 15.9 Å². The van der Waals surface area contributed by atoms with Crippen molar-refractivity contribution in [2.45, 2.75) is 75.3 Å². The second kappa shape index (κ2) is 11.0. The van der Waals surface area contributed by atoms with Gasteiger partial charge in [-0.15, -0.1) is 0 Å². The second-order valence-corrected chi connectivity index (χ2v) is 13.8. The number of rotatable bonds is 4. The number of aryl methyl sites for hydroxylation is 1. The van der Waals surface area contributed by atoms with Crippen molar-refractivity contribution in [2.75, 3.05) is 36.9 Å². The first-order valence-electron chi connectivity index (χ1n) is 16.2. The van der Waals surface area contributed by atoms with E-state index in [1.54, 1.807) is 0 Å². The first kappa shape index (κ1) is 31.8. The van der Waals surface area contributed by atoms with E-state index < -0.39 is 40.4 Å². The van der Waals surface area contributed by atoms with Crippen LogP contribution in [-0.4, -0.2) is 69.8 Å². The summed E-state index contributed by atoms with van der Waals surface area (Å²) in [5.74, 6) is -1.20. The van der Waals surface area contributed by atoms with Gasteiger partial charge >= 0.3 is 12.2 Å². The van der Waals surface area contributed by atoms with Crippen LogP contribution in [-0.2, 0) is 6.18 Å². The molecule has 4 atom stereocenters. The van der Waals surface area contributed by atoms with Crippen molar-refractivity contribution in [3.63, 3.8) is 0 Å². The quantitative estimate of drug-likeness (QED) is 0.315. The number of nitrogens with two attached hydrogens (primary N) is 1.